The summed E-state index contributed by atoms with van der Waals surface area (Å²) in [5.41, 5.74) is 1.99. The van der Waals surface area contributed by atoms with Crippen molar-refractivity contribution >= 4 is 63.3 Å². The average Bonchev–Trinajstić information content (AvgIpc) is 2.91. The molecule has 0 atom stereocenters. The van der Waals surface area contributed by atoms with Gasteiger partial charge in [-0.05, 0) is 71.4 Å². The molecular formula is C30H23ClN2O4S. The first kappa shape index (κ1) is 25.4. The number of amides is 2. The van der Waals surface area contributed by atoms with Crippen molar-refractivity contribution in [2.75, 3.05) is 11.5 Å². The number of halogens is 1. The lowest BCUT2D eigenvalue weighted by molar-refractivity contribution is -0.122. The summed E-state index contributed by atoms with van der Waals surface area (Å²) in [6.07, 6.45) is 1.47. The van der Waals surface area contributed by atoms with Crippen LogP contribution in [0.25, 0.3) is 16.8 Å². The molecular weight excluding hydrogens is 520 g/mol. The lowest BCUT2D eigenvalue weighted by Crippen LogP contribution is -2.54. The highest BCUT2D eigenvalue weighted by Gasteiger charge is 2.34. The molecule has 0 unspecified atom stereocenters. The van der Waals surface area contributed by atoms with Crippen LogP contribution in [0.5, 0.6) is 11.5 Å². The van der Waals surface area contributed by atoms with E-state index in [4.69, 9.17) is 33.3 Å². The van der Waals surface area contributed by atoms with Crippen molar-refractivity contribution < 1.29 is 19.1 Å². The van der Waals surface area contributed by atoms with Crippen LogP contribution in [-0.2, 0) is 16.2 Å². The molecule has 1 N–H and O–H groups in total. The van der Waals surface area contributed by atoms with E-state index < -0.39 is 11.8 Å². The van der Waals surface area contributed by atoms with E-state index in [1.165, 1.54) is 11.0 Å². The summed E-state index contributed by atoms with van der Waals surface area (Å²) in [6, 6.07) is 26.3. The largest absolute Gasteiger partial charge is 0.490 e. The minimum Gasteiger partial charge on any atom is -0.490 e. The highest BCUT2D eigenvalue weighted by molar-refractivity contribution is 7.80. The summed E-state index contributed by atoms with van der Waals surface area (Å²) in [6.45, 7) is 2.51. The number of para-hydroxylation sites is 1. The molecule has 0 bridgehead atoms. The van der Waals surface area contributed by atoms with Crippen LogP contribution in [0.4, 0.5) is 5.69 Å². The van der Waals surface area contributed by atoms with Gasteiger partial charge in [0.15, 0.2) is 16.6 Å². The topological polar surface area (TPSA) is 67.9 Å². The van der Waals surface area contributed by atoms with Gasteiger partial charge < -0.3 is 9.47 Å². The standard InChI is InChI=1S/C30H23ClN2O4S/c1-2-36-26-17-19(15-24-28(34)32-30(38)33(29(24)35)22-12-4-3-5-13-22)16-25(31)27(26)37-18-21-11-8-10-20-9-6-7-14-23(20)21/h3-17H,2,18H2,1H3,(H,32,34,38)/b24-15-. The second-order valence-electron chi connectivity index (χ2n) is 8.48. The molecule has 38 heavy (non-hydrogen) atoms. The number of benzene rings is 4. The zero-order valence-electron chi connectivity index (χ0n) is 20.4. The third-order valence-electron chi connectivity index (χ3n) is 6.01. The van der Waals surface area contributed by atoms with Gasteiger partial charge in [0.1, 0.15) is 12.2 Å². The maximum atomic E-state index is 13.3. The molecule has 0 aliphatic carbocycles. The van der Waals surface area contributed by atoms with Crippen molar-refractivity contribution in [3.05, 3.63) is 107 Å². The molecule has 1 saturated heterocycles. The number of ether oxygens (including phenoxy) is 2. The van der Waals surface area contributed by atoms with Crippen molar-refractivity contribution in [3.8, 4) is 11.5 Å². The van der Waals surface area contributed by atoms with Crippen molar-refractivity contribution in [1.82, 2.24) is 5.32 Å². The van der Waals surface area contributed by atoms with Crippen LogP contribution in [0.1, 0.15) is 18.1 Å². The predicted octanol–water partition coefficient (Wildman–Crippen LogP) is 6.30. The third-order valence-corrected chi connectivity index (χ3v) is 6.58. The van der Waals surface area contributed by atoms with Gasteiger partial charge in [0, 0.05) is 0 Å². The van der Waals surface area contributed by atoms with Gasteiger partial charge in [0.2, 0.25) is 0 Å². The minimum atomic E-state index is -0.586. The van der Waals surface area contributed by atoms with E-state index in [0.29, 0.717) is 34.4 Å². The van der Waals surface area contributed by atoms with Crippen LogP contribution in [0.15, 0.2) is 90.5 Å². The van der Waals surface area contributed by atoms with E-state index in [1.807, 2.05) is 55.5 Å². The quantitative estimate of drug-likeness (QED) is 0.168. The molecule has 0 radical (unpaired) electrons. The van der Waals surface area contributed by atoms with Gasteiger partial charge in [-0.25, -0.2) is 0 Å². The van der Waals surface area contributed by atoms with Crippen LogP contribution in [0.2, 0.25) is 5.02 Å². The maximum absolute atomic E-state index is 13.3. The van der Waals surface area contributed by atoms with Crippen molar-refractivity contribution in [3.63, 3.8) is 0 Å². The Balaban J connectivity index is 1.46. The molecule has 5 rings (SSSR count). The van der Waals surface area contributed by atoms with Gasteiger partial charge in [-0.3, -0.25) is 19.8 Å². The maximum Gasteiger partial charge on any atom is 0.270 e. The predicted molar refractivity (Wildman–Crippen MR) is 154 cm³/mol. The highest BCUT2D eigenvalue weighted by Crippen LogP contribution is 2.38. The van der Waals surface area contributed by atoms with Crippen LogP contribution in [0.3, 0.4) is 0 Å². The Morgan fingerprint density at radius 3 is 2.47 bits per heavy atom. The fraction of sp³-hybridized carbons (Fsp3) is 0.100. The van der Waals surface area contributed by atoms with E-state index in [-0.39, 0.29) is 17.3 Å². The van der Waals surface area contributed by atoms with Crippen LogP contribution in [0, 0.1) is 0 Å². The molecule has 1 aliphatic heterocycles. The molecule has 8 heteroatoms. The van der Waals surface area contributed by atoms with Gasteiger partial charge in [-0.15, -0.1) is 0 Å². The average molecular weight is 543 g/mol. The lowest BCUT2D eigenvalue weighted by Gasteiger charge is -2.28. The van der Waals surface area contributed by atoms with Gasteiger partial charge >= 0.3 is 0 Å². The number of fused-ring (bicyclic) bond motifs is 1. The molecule has 6 nitrogen and oxygen atoms in total. The van der Waals surface area contributed by atoms with E-state index in [0.717, 1.165) is 16.3 Å². The summed E-state index contributed by atoms with van der Waals surface area (Å²) < 4.78 is 12.0. The first-order valence-corrected chi connectivity index (χ1v) is 12.8. The molecule has 0 spiro atoms. The van der Waals surface area contributed by atoms with Gasteiger partial charge in [0.05, 0.1) is 17.3 Å². The molecule has 190 valence electrons. The van der Waals surface area contributed by atoms with Gasteiger partial charge in [0.25, 0.3) is 11.8 Å². The van der Waals surface area contributed by atoms with Crippen molar-refractivity contribution in [1.29, 1.82) is 0 Å². The van der Waals surface area contributed by atoms with E-state index >= 15 is 0 Å². The Morgan fingerprint density at radius 1 is 0.947 bits per heavy atom. The molecule has 4 aromatic carbocycles. The Hall–Kier alpha value is -4.20. The lowest BCUT2D eigenvalue weighted by atomic mass is 10.1. The first-order chi connectivity index (χ1) is 18.5. The van der Waals surface area contributed by atoms with Gasteiger partial charge in [-0.1, -0.05) is 72.3 Å². The summed E-state index contributed by atoms with van der Waals surface area (Å²) >= 11 is 11.9. The highest BCUT2D eigenvalue weighted by atomic mass is 35.5. The molecule has 0 saturated carbocycles. The van der Waals surface area contributed by atoms with Crippen molar-refractivity contribution in [2.24, 2.45) is 0 Å². The number of nitrogens with zero attached hydrogens (tertiary/aromatic N) is 1. The summed E-state index contributed by atoms with van der Waals surface area (Å²) in [4.78, 5) is 27.3. The number of hydrogen-bond donors (Lipinski definition) is 1. The summed E-state index contributed by atoms with van der Waals surface area (Å²) in [5, 5.41) is 5.11. The Kier molecular flexibility index (Phi) is 7.40. The van der Waals surface area contributed by atoms with Gasteiger partial charge in [-0.2, -0.15) is 0 Å². The molecule has 1 fully saturated rings. The molecule has 2 amide bonds. The Bertz CT molecular complexity index is 1580. The minimum absolute atomic E-state index is 0.0218. The fourth-order valence-electron chi connectivity index (χ4n) is 4.28. The van der Waals surface area contributed by atoms with E-state index in [2.05, 4.69) is 5.32 Å². The van der Waals surface area contributed by atoms with E-state index in [1.54, 1.807) is 36.4 Å². The number of thiocarbonyl (C=S) groups is 1. The summed E-state index contributed by atoms with van der Waals surface area (Å²) in [7, 11) is 0. The van der Waals surface area contributed by atoms with Crippen molar-refractivity contribution in [2.45, 2.75) is 13.5 Å². The number of hydrogen-bond acceptors (Lipinski definition) is 5. The normalized spacial score (nSPS) is 14.6. The second-order valence-corrected chi connectivity index (χ2v) is 9.28. The van der Waals surface area contributed by atoms with E-state index in [9.17, 15) is 9.59 Å². The number of anilines is 1. The second kappa shape index (κ2) is 11.0. The summed E-state index contributed by atoms with van der Waals surface area (Å²) in [5.74, 6) is -0.325. The molecule has 0 aromatic heterocycles. The Labute approximate surface area is 230 Å². The molecule has 1 heterocycles. The molecule has 1 aliphatic rings. The SMILES string of the molecule is CCOc1cc(/C=C2/C(=O)NC(=S)N(c3ccccc3)C2=O)cc(Cl)c1OCc1cccc2ccccc12. The van der Waals surface area contributed by atoms with Crippen LogP contribution >= 0.6 is 23.8 Å². The third kappa shape index (κ3) is 5.11. The zero-order chi connectivity index (χ0) is 26.6. The molecule has 4 aromatic rings. The number of nitrogens with one attached hydrogen (secondary N) is 1. The monoisotopic (exact) mass is 542 g/mol. The number of carbonyl (C=O) groups excluding carboxylic acids is 2. The van der Waals surface area contributed by atoms with Crippen LogP contribution in [-0.4, -0.2) is 23.5 Å². The first-order valence-electron chi connectivity index (χ1n) is 12.0. The number of carbonyl (C=O) groups is 2. The Morgan fingerprint density at radius 2 is 1.68 bits per heavy atom. The smallest absolute Gasteiger partial charge is 0.270 e. The fourth-order valence-corrected chi connectivity index (χ4v) is 4.83. The van der Waals surface area contributed by atoms with Crippen LogP contribution < -0.4 is 19.7 Å². The zero-order valence-corrected chi connectivity index (χ0v) is 22.0. The number of rotatable bonds is 7.